The maximum atomic E-state index is 10.8. The molecule has 7 nitrogen and oxygen atoms in total. The van der Waals surface area contributed by atoms with Crippen molar-refractivity contribution in [1.82, 2.24) is 9.55 Å². The average molecular weight is 337 g/mol. The summed E-state index contributed by atoms with van der Waals surface area (Å²) in [6, 6.07) is 8.99. The van der Waals surface area contributed by atoms with Crippen molar-refractivity contribution in [3.05, 3.63) is 50.4 Å². The molecule has 0 aliphatic heterocycles. The summed E-state index contributed by atoms with van der Waals surface area (Å²) in [7, 11) is 1.54. The third kappa shape index (κ3) is 2.62. The number of imidazole rings is 1. The Morgan fingerprint density at radius 2 is 2.25 bits per heavy atom. The summed E-state index contributed by atoms with van der Waals surface area (Å²) in [5.41, 5.74) is -0.0965. The Bertz CT molecular complexity index is 705. The normalized spacial score (nSPS) is 10.1. The summed E-state index contributed by atoms with van der Waals surface area (Å²) < 4.78 is 7.66. The van der Waals surface area contributed by atoms with E-state index >= 15 is 0 Å². The van der Waals surface area contributed by atoms with Crippen molar-refractivity contribution in [3.63, 3.8) is 0 Å². The standard InChI is InChI=1S/C12H9BrN4O3/c1-16-9(6-14)12(17(18)19)15-11(16)7-20-10-5-3-2-4-8(10)13/h2-5H,7H2,1H3. The van der Waals surface area contributed by atoms with Gasteiger partial charge in [0.25, 0.3) is 5.82 Å². The van der Waals surface area contributed by atoms with Gasteiger partial charge in [-0.15, -0.1) is 0 Å². The van der Waals surface area contributed by atoms with Crippen molar-refractivity contribution < 1.29 is 9.66 Å². The first kappa shape index (κ1) is 14.0. The van der Waals surface area contributed by atoms with Gasteiger partial charge in [-0.1, -0.05) is 12.1 Å². The number of hydrogen-bond donors (Lipinski definition) is 0. The molecule has 2 aromatic rings. The minimum atomic E-state index is -0.680. The molecule has 0 spiro atoms. The first-order chi connectivity index (χ1) is 9.54. The van der Waals surface area contributed by atoms with E-state index in [-0.39, 0.29) is 12.3 Å². The van der Waals surface area contributed by atoms with Crippen molar-refractivity contribution in [2.75, 3.05) is 0 Å². The minimum absolute atomic E-state index is 0.0294. The van der Waals surface area contributed by atoms with Crippen molar-refractivity contribution in [2.45, 2.75) is 6.61 Å². The molecule has 0 saturated heterocycles. The molecule has 0 aliphatic carbocycles. The Morgan fingerprint density at radius 1 is 1.55 bits per heavy atom. The fraction of sp³-hybridized carbons (Fsp3) is 0.167. The second-order valence-electron chi connectivity index (χ2n) is 3.85. The van der Waals surface area contributed by atoms with Crippen LogP contribution in [0.2, 0.25) is 0 Å². The SMILES string of the molecule is Cn1c(COc2ccccc2Br)nc([N+](=O)[O-])c1C#N. The van der Waals surface area contributed by atoms with Gasteiger partial charge in [0, 0.05) is 7.05 Å². The molecule has 0 unspecified atom stereocenters. The Balaban J connectivity index is 2.25. The van der Waals surface area contributed by atoms with Gasteiger partial charge in [0.15, 0.2) is 6.61 Å². The second-order valence-corrected chi connectivity index (χ2v) is 4.70. The summed E-state index contributed by atoms with van der Waals surface area (Å²) in [5.74, 6) is 0.446. The molecule has 1 aromatic heterocycles. The summed E-state index contributed by atoms with van der Waals surface area (Å²) in [5, 5.41) is 19.7. The summed E-state index contributed by atoms with van der Waals surface area (Å²) in [6.45, 7) is 0.0294. The third-order valence-corrected chi connectivity index (χ3v) is 3.30. The zero-order valence-corrected chi connectivity index (χ0v) is 12.0. The first-order valence-corrected chi connectivity index (χ1v) is 6.31. The molecular formula is C12H9BrN4O3. The number of para-hydroxylation sites is 1. The summed E-state index contributed by atoms with van der Waals surface area (Å²) in [6.07, 6.45) is 0. The van der Waals surface area contributed by atoms with Crippen LogP contribution in [0.5, 0.6) is 5.75 Å². The van der Waals surface area contributed by atoms with Crippen molar-refractivity contribution in [3.8, 4) is 11.8 Å². The number of rotatable bonds is 4. The van der Waals surface area contributed by atoms with Crippen LogP contribution in [0.25, 0.3) is 0 Å². The van der Waals surface area contributed by atoms with Crippen molar-refractivity contribution in [1.29, 1.82) is 5.26 Å². The number of halogens is 1. The Morgan fingerprint density at radius 3 is 2.80 bits per heavy atom. The summed E-state index contributed by atoms with van der Waals surface area (Å²) in [4.78, 5) is 14.0. The predicted octanol–water partition coefficient (Wildman–Crippen LogP) is 2.54. The maximum Gasteiger partial charge on any atom is 0.400 e. The fourth-order valence-electron chi connectivity index (χ4n) is 1.61. The largest absolute Gasteiger partial charge is 0.482 e. The lowest BCUT2D eigenvalue weighted by Gasteiger charge is -2.05. The quantitative estimate of drug-likeness (QED) is 0.631. The zero-order chi connectivity index (χ0) is 14.7. The van der Waals surface area contributed by atoms with E-state index in [4.69, 9.17) is 10.00 Å². The molecule has 8 heteroatoms. The van der Waals surface area contributed by atoms with Crippen LogP contribution < -0.4 is 4.74 Å². The number of ether oxygens (including phenoxy) is 1. The van der Waals surface area contributed by atoms with Crippen LogP contribution in [0, 0.1) is 21.4 Å². The molecule has 0 saturated carbocycles. The number of nitriles is 1. The lowest BCUT2D eigenvalue weighted by molar-refractivity contribution is -0.389. The Labute approximate surface area is 122 Å². The molecule has 1 aromatic carbocycles. The van der Waals surface area contributed by atoms with E-state index in [1.54, 1.807) is 12.1 Å². The Kier molecular flexibility index (Phi) is 4.00. The van der Waals surface area contributed by atoms with Crippen LogP contribution in [0.3, 0.4) is 0 Å². The summed E-state index contributed by atoms with van der Waals surface area (Å²) >= 11 is 3.33. The number of aromatic nitrogens is 2. The molecule has 0 atom stereocenters. The van der Waals surface area contributed by atoms with Crippen LogP contribution in [-0.2, 0) is 13.7 Å². The number of nitro groups is 1. The van der Waals surface area contributed by atoms with Gasteiger partial charge in [0.2, 0.25) is 5.69 Å². The van der Waals surface area contributed by atoms with E-state index in [0.29, 0.717) is 11.6 Å². The third-order valence-electron chi connectivity index (χ3n) is 2.64. The fourth-order valence-corrected chi connectivity index (χ4v) is 2.01. The average Bonchev–Trinajstić information content (AvgIpc) is 2.74. The highest BCUT2D eigenvalue weighted by Gasteiger charge is 2.25. The second kappa shape index (κ2) is 5.71. The van der Waals surface area contributed by atoms with Gasteiger partial charge >= 0.3 is 5.82 Å². The van der Waals surface area contributed by atoms with E-state index in [1.165, 1.54) is 11.6 Å². The molecule has 0 aliphatic rings. The van der Waals surface area contributed by atoms with Crippen LogP contribution >= 0.6 is 15.9 Å². The van der Waals surface area contributed by atoms with E-state index in [0.717, 1.165) is 4.47 Å². The van der Waals surface area contributed by atoms with Gasteiger partial charge in [-0.2, -0.15) is 5.26 Å². The number of benzene rings is 1. The molecule has 2 rings (SSSR count). The lowest BCUT2D eigenvalue weighted by atomic mass is 10.3. The van der Waals surface area contributed by atoms with Gasteiger partial charge in [-0.3, -0.25) is 4.57 Å². The minimum Gasteiger partial charge on any atom is -0.482 e. The molecule has 0 N–H and O–H groups in total. The molecular weight excluding hydrogens is 328 g/mol. The maximum absolute atomic E-state index is 10.8. The lowest BCUT2D eigenvalue weighted by Crippen LogP contribution is -2.04. The van der Waals surface area contributed by atoms with Crippen molar-refractivity contribution >= 4 is 21.7 Å². The van der Waals surface area contributed by atoms with E-state index in [1.807, 2.05) is 18.2 Å². The molecule has 0 bridgehead atoms. The van der Waals surface area contributed by atoms with Crippen LogP contribution in [0.4, 0.5) is 5.82 Å². The van der Waals surface area contributed by atoms with Gasteiger partial charge < -0.3 is 14.9 Å². The van der Waals surface area contributed by atoms with E-state index < -0.39 is 10.7 Å². The Hall–Kier alpha value is -2.40. The highest BCUT2D eigenvalue weighted by Crippen LogP contribution is 2.25. The van der Waals surface area contributed by atoms with Crippen LogP contribution in [-0.4, -0.2) is 14.5 Å². The van der Waals surface area contributed by atoms with Gasteiger partial charge in [0.05, 0.1) is 4.47 Å². The van der Waals surface area contributed by atoms with E-state index in [2.05, 4.69) is 20.9 Å². The molecule has 1 heterocycles. The highest BCUT2D eigenvalue weighted by molar-refractivity contribution is 9.10. The van der Waals surface area contributed by atoms with Crippen molar-refractivity contribution in [2.24, 2.45) is 7.05 Å². The molecule has 102 valence electrons. The zero-order valence-electron chi connectivity index (χ0n) is 10.4. The van der Waals surface area contributed by atoms with Gasteiger partial charge in [0.1, 0.15) is 11.8 Å². The molecule has 0 fully saturated rings. The number of nitrogens with zero attached hydrogens (tertiary/aromatic N) is 4. The van der Waals surface area contributed by atoms with Crippen LogP contribution in [0.1, 0.15) is 11.5 Å². The molecule has 0 radical (unpaired) electrons. The number of hydrogen-bond acceptors (Lipinski definition) is 5. The molecule has 20 heavy (non-hydrogen) atoms. The molecule has 0 amide bonds. The smallest absolute Gasteiger partial charge is 0.400 e. The first-order valence-electron chi connectivity index (χ1n) is 5.52. The predicted molar refractivity (Wildman–Crippen MR) is 73.1 cm³/mol. The highest BCUT2D eigenvalue weighted by atomic mass is 79.9. The topological polar surface area (TPSA) is 94.0 Å². The monoisotopic (exact) mass is 336 g/mol. The van der Waals surface area contributed by atoms with Gasteiger partial charge in [-0.05, 0) is 38.0 Å². The van der Waals surface area contributed by atoms with Gasteiger partial charge in [-0.25, -0.2) is 0 Å². The van der Waals surface area contributed by atoms with E-state index in [9.17, 15) is 10.1 Å². The van der Waals surface area contributed by atoms with Crippen LogP contribution in [0.15, 0.2) is 28.7 Å².